The van der Waals surface area contributed by atoms with Crippen molar-refractivity contribution in [3.05, 3.63) is 0 Å². The van der Waals surface area contributed by atoms with Crippen LogP contribution in [0.4, 0.5) is 0 Å². The third-order valence-electron chi connectivity index (χ3n) is 4.33. The van der Waals surface area contributed by atoms with E-state index in [1.165, 1.54) is 6.92 Å². The summed E-state index contributed by atoms with van der Waals surface area (Å²) >= 11 is 0. The Morgan fingerprint density at radius 2 is 1.12 bits per heavy atom. The summed E-state index contributed by atoms with van der Waals surface area (Å²) in [5.74, 6) is -12.2. The van der Waals surface area contributed by atoms with Crippen LogP contribution in [0, 0.1) is 23.7 Å². The molecule has 8 nitrogen and oxygen atoms in total. The fourth-order valence-corrected chi connectivity index (χ4v) is 2.99. The van der Waals surface area contributed by atoms with E-state index in [0.717, 1.165) is 25.7 Å². The zero-order chi connectivity index (χ0) is 18.9. The maximum Gasteiger partial charge on any atom is 0.318 e. The van der Waals surface area contributed by atoms with E-state index in [-0.39, 0.29) is 6.42 Å². The highest BCUT2D eigenvalue weighted by Crippen LogP contribution is 2.33. The Kier molecular flexibility index (Phi) is 9.68. The Morgan fingerprint density at radius 1 is 0.708 bits per heavy atom. The molecule has 0 aliphatic heterocycles. The Hall–Kier alpha value is -2.12. The van der Waals surface area contributed by atoms with Crippen LogP contribution >= 0.6 is 0 Å². The Balaban J connectivity index is 5.35. The average molecular weight is 346 g/mol. The van der Waals surface area contributed by atoms with E-state index >= 15 is 0 Å². The number of carboxylic acids is 4. The lowest BCUT2D eigenvalue weighted by Crippen LogP contribution is -2.41. The summed E-state index contributed by atoms with van der Waals surface area (Å²) in [4.78, 5) is 45.0. The summed E-state index contributed by atoms with van der Waals surface area (Å²) in [5.41, 5.74) is 0. The zero-order valence-electron chi connectivity index (χ0n) is 14.0. The molecule has 0 bridgehead atoms. The molecule has 0 aromatic rings. The van der Waals surface area contributed by atoms with Crippen LogP contribution in [0.2, 0.25) is 0 Å². The number of hydrogen-bond acceptors (Lipinski definition) is 4. The van der Waals surface area contributed by atoms with E-state index in [9.17, 15) is 29.4 Å². The second-order valence-electron chi connectivity index (χ2n) is 6.03. The lowest BCUT2D eigenvalue weighted by molar-refractivity contribution is -0.166. The minimum atomic E-state index is -1.84. The lowest BCUT2D eigenvalue weighted by Gasteiger charge is -2.29. The molecular weight excluding hydrogens is 320 g/mol. The van der Waals surface area contributed by atoms with Gasteiger partial charge < -0.3 is 20.4 Å². The van der Waals surface area contributed by atoms with Gasteiger partial charge in [-0.2, -0.15) is 0 Å². The van der Waals surface area contributed by atoms with Gasteiger partial charge in [0, 0.05) is 0 Å². The van der Waals surface area contributed by atoms with E-state index < -0.39 is 47.5 Å². The zero-order valence-corrected chi connectivity index (χ0v) is 14.0. The fourth-order valence-electron chi connectivity index (χ4n) is 2.99. The first kappa shape index (κ1) is 21.9. The topological polar surface area (TPSA) is 149 Å². The van der Waals surface area contributed by atoms with E-state index in [1.54, 1.807) is 0 Å². The molecule has 0 spiro atoms. The molecule has 2 atom stereocenters. The summed E-state index contributed by atoms with van der Waals surface area (Å²) in [7, 11) is 0. The van der Waals surface area contributed by atoms with Crippen molar-refractivity contribution >= 4 is 23.9 Å². The molecule has 0 aliphatic carbocycles. The molecule has 138 valence electrons. The highest BCUT2D eigenvalue weighted by Gasteiger charge is 2.44. The quantitative estimate of drug-likeness (QED) is 0.293. The predicted molar refractivity (Wildman–Crippen MR) is 83.6 cm³/mol. The minimum absolute atomic E-state index is 0.158. The molecule has 0 rings (SSSR count). The Labute approximate surface area is 140 Å². The van der Waals surface area contributed by atoms with Crippen LogP contribution in [0.5, 0.6) is 0 Å². The van der Waals surface area contributed by atoms with Crippen LogP contribution in [-0.4, -0.2) is 44.3 Å². The Bertz CT molecular complexity index is 431. The van der Waals surface area contributed by atoms with E-state index in [0.29, 0.717) is 6.42 Å². The first-order valence-corrected chi connectivity index (χ1v) is 8.06. The summed E-state index contributed by atoms with van der Waals surface area (Å²) < 4.78 is 0. The molecule has 0 aliphatic rings. The summed E-state index contributed by atoms with van der Waals surface area (Å²) in [6.07, 6.45) is 4.35. The van der Waals surface area contributed by atoms with Gasteiger partial charge in [0.1, 0.15) is 0 Å². The molecule has 0 fully saturated rings. The third kappa shape index (κ3) is 6.55. The SMILES string of the molecule is CCCCCCCC(C(C(=O)O)C(=O)O)C(C)C(C(=O)O)C(=O)O. The molecule has 0 saturated heterocycles. The monoisotopic (exact) mass is 346 g/mol. The van der Waals surface area contributed by atoms with Gasteiger partial charge in [-0.05, 0) is 18.3 Å². The molecule has 0 aromatic heterocycles. The number of carboxylic acid groups (broad SMARTS) is 4. The van der Waals surface area contributed by atoms with Crippen LogP contribution in [0.1, 0.15) is 52.4 Å². The van der Waals surface area contributed by atoms with Crippen molar-refractivity contribution < 1.29 is 39.6 Å². The molecule has 0 radical (unpaired) electrons. The van der Waals surface area contributed by atoms with E-state index in [2.05, 4.69) is 0 Å². The predicted octanol–water partition coefficient (Wildman–Crippen LogP) is 2.17. The maximum absolute atomic E-state index is 11.3. The van der Waals surface area contributed by atoms with Crippen molar-refractivity contribution in [1.29, 1.82) is 0 Å². The largest absolute Gasteiger partial charge is 0.481 e. The van der Waals surface area contributed by atoms with Gasteiger partial charge in [-0.25, -0.2) is 0 Å². The number of carbonyl (C=O) groups is 4. The summed E-state index contributed by atoms with van der Waals surface area (Å²) in [5, 5.41) is 36.5. The van der Waals surface area contributed by atoms with Crippen LogP contribution in [0.3, 0.4) is 0 Å². The lowest BCUT2D eigenvalue weighted by atomic mass is 9.73. The second kappa shape index (κ2) is 10.6. The molecule has 2 unspecified atom stereocenters. The standard InChI is InChI=1S/C16H26O8/c1-3-4-5-6-7-8-10(12(15(21)22)16(23)24)9(2)11(13(17)18)14(19)20/h9-12H,3-8H2,1-2H3,(H,17,18)(H,19,20)(H,21,22)(H,23,24). The van der Waals surface area contributed by atoms with Gasteiger partial charge in [0.15, 0.2) is 11.8 Å². The maximum atomic E-state index is 11.3. The van der Waals surface area contributed by atoms with E-state index in [4.69, 9.17) is 10.2 Å². The highest BCUT2D eigenvalue weighted by atomic mass is 16.4. The van der Waals surface area contributed by atoms with Gasteiger partial charge in [-0.3, -0.25) is 19.2 Å². The van der Waals surface area contributed by atoms with Crippen LogP contribution < -0.4 is 0 Å². The van der Waals surface area contributed by atoms with E-state index in [1.807, 2.05) is 6.92 Å². The first-order valence-electron chi connectivity index (χ1n) is 8.06. The molecule has 0 saturated carbocycles. The van der Waals surface area contributed by atoms with Gasteiger partial charge in [0.25, 0.3) is 0 Å². The van der Waals surface area contributed by atoms with Crippen molar-refractivity contribution in [2.24, 2.45) is 23.7 Å². The first-order chi connectivity index (χ1) is 11.1. The molecule has 8 heteroatoms. The normalized spacial score (nSPS) is 13.7. The van der Waals surface area contributed by atoms with Gasteiger partial charge in [0.2, 0.25) is 0 Å². The molecular formula is C16H26O8. The van der Waals surface area contributed by atoms with Crippen LogP contribution in [0.15, 0.2) is 0 Å². The number of hydrogen-bond donors (Lipinski definition) is 4. The number of aliphatic carboxylic acids is 4. The van der Waals surface area contributed by atoms with Crippen molar-refractivity contribution in [1.82, 2.24) is 0 Å². The van der Waals surface area contributed by atoms with Crippen molar-refractivity contribution in [3.8, 4) is 0 Å². The number of unbranched alkanes of at least 4 members (excludes halogenated alkanes) is 4. The molecule has 0 heterocycles. The minimum Gasteiger partial charge on any atom is -0.481 e. The van der Waals surface area contributed by atoms with Gasteiger partial charge in [-0.1, -0.05) is 46.0 Å². The highest BCUT2D eigenvalue weighted by molar-refractivity contribution is 5.95. The second-order valence-corrected chi connectivity index (χ2v) is 6.03. The van der Waals surface area contributed by atoms with Crippen molar-refractivity contribution in [2.45, 2.75) is 52.4 Å². The van der Waals surface area contributed by atoms with Crippen molar-refractivity contribution in [3.63, 3.8) is 0 Å². The fraction of sp³-hybridized carbons (Fsp3) is 0.750. The van der Waals surface area contributed by atoms with Crippen LogP contribution in [0.25, 0.3) is 0 Å². The van der Waals surface area contributed by atoms with Gasteiger partial charge in [-0.15, -0.1) is 0 Å². The average Bonchev–Trinajstić information content (AvgIpc) is 2.43. The summed E-state index contributed by atoms with van der Waals surface area (Å²) in [6.45, 7) is 3.32. The Morgan fingerprint density at radius 3 is 1.50 bits per heavy atom. The summed E-state index contributed by atoms with van der Waals surface area (Å²) in [6, 6.07) is 0. The number of rotatable bonds is 13. The smallest absolute Gasteiger partial charge is 0.318 e. The molecule has 4 N–H and O–H groups in total. The molecule has 0 aromatic carbocycles. The van der Waals surface area contributed by atoms with Gasteiger partial charge >= 0.3 is 23.9 Å². The van der Waals surface area contributed by atoms with Crippen molar-refractivity contribution in [2.75, 3.05) is 0 Å². The molecule has 24 heavy (non-hydrogen) atoms. The van der Waals surface area contributed by atoms with Crippen LogP contribution in [-0.2, 0) is 19.2 Å². The van der Waals surface area contributed by atoms with Gasteiger partial charge in [0.05, 0.1) is 0 Å². The third-order valence-corrected chi connectivity index (χ3v) is 4.33. The molecule has 0 amide bonds.